The SMILES string of the molecule is Cc1ccsc1Cn1cncc1C(N)CC(C)C. The molecular formula is C14H21N3S. The Morgan fingerprint density at radius 2 is 2.22 bits per heavy atom. The van der Waals surface area contributed by atoms with Crippen LogP contribution in [0.25, 0.3) is 0 Å². The van der Waals surface area contributed by atoms with Crippen LogP contribution in [-0.2, 0) is 6.54 Å². The van der Waals surface area contributed by atoms with Gasteiger partial charge >= 0.3 is 0 Å². The van der Waals surface area contributed by atoms with Gasteiger partial charge in [0.25, 0.3) is 0 Å². The fourth-order valence-corrected chi connectivity index (χ4v) is 3.03. The van der Waals surface area contributed by atoms with Gasteiger partial charge in [-0.15, -0.1) is 11.3 Å². The lowest BCUT2D eigenvalue weighted by molar-refractivity contribution is 0.489. The Labute approximate surface area is 113 Å². The maximum Gasteiger partial charge on any atom is 0.0952 e. The van der Waals surface area contributed by atoms with Crippen molar-refractivity contribution in [2.45, 2.75) is 39.8 Å². The fourth-order valence-electron chi connectivity index (χ4n) is 2.12. The van der Waals surface area contributed by atoms with Crippen molar-refractivity contribution >= 4 is 11.3 Å². The van der Waals surface area contributed by atoms with E-state index in [1.54, 1.807) is 11.3 Å². The van der Waals surface area contributed by atoms with Crippen molar-refractivity contribution in [3.8, 4) is 0 Å². The molecule has 2 aromatic heterocycles. The van der Waals surface area contributed by atoms with Crippen molar-refractivity contribution in [1.82, 2.24) is 9.55 Å². The Balaban J connectivity index is 2.15. The maximum absolute atomic E-state index is 6.25. The first-order valence-corrected chi connectivity index (χ1v) is 7.24. The molecule has 98 valence electrons. The minimum atomic E-state index is 0.0766. The van der Waals surface area contributed by atoms with Crippen molar-refractivity contribution in [3.63, 3.8) is 0 Å². The molecular weight excluding hydrogens is 242 g/mol. The van der Waals surface area contributed by atoms with Gasteiger partial charge in [0.15, 0.2) is 0 Å². The summed E-state index contributed by atoms with van der Waals surface area (Å²) < 4.78 is 2.17. The quantitative estimate of drug-likeness (QED) is 0.899. The third-order valence-electron chi connectivity index (χ3n) is 3.13. The summed E-state index contributed by atoms with van der Waals surface area (Å²) in [6.07, 6.45) is 4.78. The number of nitrogens with two attached hydrogens (primary N) is 1. The molecule has 18 heavy (non-hydrogen) atoms. The van der Waals surface area contributed by atoms with Gasteiger partial charge < -0.3 is 10.3 Å². The standard InChI is InChI=1S/C14H21N3S/c1-10(2)6-12(15)13-7-16-9-17(13)8-14-11(3)4-5-18-14/h4-5,7,9-10,12H,6,8,15H2,1-3H3. The van der Waals surface area contributed by atoms with Crippen molar-refractivity contribution < 1.29 is 0 Å². The summed E-state index contributed by atoms with van der Waals surface area (Å²) in [5, 5.41) is 2.13. The molecule has 1 atom stereocenters. The third kappa shape index (κ3) is 3.00. The lowest BCUT2D eigenvalue weighted by Crippen LogP contribution is -2.17. The monoisotopic (exact) mass is 263 g/mol. The van der Waals surface area contributed by atoms with Crippen molar-refractivity contribution in [1.29, 1.82) is 0 Å². The number of hydrogen-bond donors (Lipinski definition) is 1. The normalized spacial score (nSPS) is 13.2. The van der Waals surface area contributed by atoms with Crippen molar-refractivity contribution in [2.75, 3.05) is 0 Å². The Bertz CT molecular complexity index is 499. The van der Waals surface area contributed by atoms with Gasteiger partial charge in [-0.3, -0.25) is 0 Å². The Kier molecular flexibility index (Phi) is 4.19. The molecule has 0 saturated carbocycles. The summed E-state index contributed by atoms with van der Waals surface area (Å²) in [5.41, 5.74) is 8.73. The van der Waals surface area contributed by atoms with Crippen LogP contribution in [0.1, 0.15) is 42.4 Å². The van der Waals surface area contributed by atoms with E-state index in [9.17, 15) is 0 Å². The van der Waals surface area contributed by atoms with Gasteiger partial charge in [0.1, 0.15) is 0 Å². The van der Waals surface area contributed by atoms with E-state index in [1.807, 2.05) is 12.5 Å². The molecule has 2 N–H and O–H groups in total. The molecule has 0 spiro atoms. The first-order chi connectivity index (χ1) is 8.58. The minimum Gasteiger partial charge on any atom is -0.328 e. The first kappa shape index (κ1) is 13.3. The number of aromatic nitrogens is 2. The van der Waals surface area contributed by atoms with Crippen molar-refractivity contribution in [2.24, 2.45) is 11.7 Å². The van der Waals surface area contributed by atoms with Crippen LogP contribution in [-0.4, -0.2) is 9.55 Å². The van der Waals surface area contributed by atoms with E-state index >= 15 is 0 Å². The van der Waals surface area contributed by atoms with Crippen LogP contribution in [0.2, 0.25) is 0 Å². The molecule has 3 nitrogen and oxygen atoms in total. The number of hydrogen-bond acceptors (Lipinski definition) is 3. The van der Waals surface area contributed by atoms with Crippen LogP contribution >= 0.6 is 11.3 Å². The highest BCUT2D eigenvalue weighted by atomic mass is 32.1. The molecule has 2 aromatic rings. The smallest absolute Gasteiger partial charge is 0.0952 e. The summed E-state index contributed by atoms with van der Waals surface area (Å²) in [6.45, 7) is 7.43. The Hall–Kier alpha value is -1.13. The molecule has 2 rings (SSSR count). The molecule has 0 saturated heterocycles. The van der Waals surface area contributed by atoms with Crippen molar-refractivity contribution in [3.05, 3.63) is 40.1 Å². The van der Waals surface area contributed by atoms with Crippen LogP contribution < -0.4 is 5.73 Å². The van der Waals surface area contributed by atoms with E-state index in [4.69, 9.17) is 5.73 Å². The van der Waals surface area contributed by atoms with Crippen LogP contribution in [0.3, 0.4) is 0 Å². The van der Waals surface area contributed by atoms with E-state index < -0.39 is 0 Å². The molecule has 4 heteroatoms. The number of nitrogens with zero attached hydrogens (tertiary/aromatic N) is 2. The van der Waals surface area contributed by atoms with Gasteiger partial charge in [-0.25, -0.2) is 4.98 Å². The van der Waals surface area contributed by atoms with E-state index in [0.29, 0.717) is 5.92 Å². The molecule has 0 aliphatic carbocycles. The van der Waals surface area contributed by atoms with E-state index in [2.05, 4.69) is 41.8 Å². The summed E-state index contributed by atoms with van der Waals surface area (Å²) >= 11 is 1.79. The van der Waals surface area contributed by atoms with E-state index in [-0.39, 0.29) is 6.04 Å². The molecule has 2 heterocycles. The molecule has 0 amide bonds. The summed E-state index contributed by atoms with van der Waals surface area (Å²) in [6, 6.07) is 2.23. The topological polar surface area (TPSA) is 43.8 Å². The van der Waals surface area contributed by atoms with Crippen LogP contribution in [0.5, 0.6) is 0 Å². The average Bonchev–Trinajstić information content (AvgIpc) is 2.88. The molecule has 0 bridgehead atoms. The highest BCUT2D eigenvalue weighted by Gasteiger charge is 2.14. The number of thiophene rings is 1. The second-order valence-electron chi connectivity index (χ2n) is 5.21. The molecule has 0 aromatic carbocycles. The predicted molar refractivity (Wildman–Crippen MR) is 76.8 cm³/mol. The lowest BCUT2D eigenvalue weighted by Gasteiger charge is -2.16. The summed E-state index contributed by atoms with van der Waals surface area (Å²) in [7, 11) is 0. The highest BCUT2D eigenvalue weighted by Crippen LogP contribution is 2.22. The van der Waals surface area contributed by atoms with Gasteiger partial charge in [-0.05, 0) is 36.3 Å². The third-order valence-corrected chi connectivity index (χ3v) is 4.14. The Morgan fingerprint density at radius 1 is 1.44 bits per heavy atom. The van der Waals surface area contributed by atoms with Gasteiger partial charge in [0, 0.05) is 17.1 Å². The molecule has 0 fully saturated rings. The number of aryl methyl sites for hydroxylation is 1. The predicted octanol–water partition coefficient (Wildman–Crippen LogP) is 3.35. The minimum absolute atomic E-state index is 0.0766. The number of rotatable bonds is 5. The van der Waals surface area contributed by atoms with Gasteiger partial charge in [-0.2, -0.15) is 0 Å². The fraction of sp³-hybridized carbons (Fsp3) is 0.500. The van der Waals surface area contributed by atoms with Gasteiger partial charge in [0.05, 0.1) is 18.6 Å². The Morgan fingerprint density at radius 3 is 2.83 bits per heavy atom. The number of imidazole rings is 1. The van der Waals surface area contributed by atoms with Crippen LogP contribution in [0.15, 0.2) is 24.0 Å². The second-order valence-corrected chi connectivity index (χ2v) is 6.21. The molecule has 0 aliphatic heterocycles. The molecule has 0 radical (unpaired) electrons. The van der Waals surface area contributed by atoms with Crippen LogP contribution in [0.4, 0.5) is 0 Å². The average molecular weight is 263 g/mol. The molecule has 1 unspecified atom stereocenters. The summed E-state index contributed by atoms with van der Waals surface area (Å²) in [5.74, 6) is 0.604. The first-order valence-electron chi connectivity index (χ1n) is 6.36. The van der Waals surface area contributed by atoms with Crippen LogP contribution in [0, 0.1) is 12.8 Å². The van der Waals surface area contributed by atoms with Gasteiger partial charge in [-0.1, -0.05) is 13.8 Å². The zero-order valence-corrected chi connectivity index (χ0v) is 12.1. The second kappa shape index (κ2) is 5.67. The van der Waals surface area contributed by atoms with E-state index in [0.717, 1.165) is 18.7 Å². The molecule has 0 aliphatic rings. The van der Waals surface area contributed by atoms with E-state index in [1.165, 1.54) is 10.4 Å². The zero-order valence-electron chi connectivity index (χ0n) is 11.3. The summed E-state index contributed by atoms with van der Waals surface area (Å²) in [4.78, 5) is 5.63. The zero-order chi connectivity index (χ0) is 13.1. The van der Waals surface area contributed by atoms with Gasteiger partial charge in [0.2, 0.25) is 0 Å². The largest absolute Gasteiger partial charge is 0.328 e. The lowest BCUT2D eigenvalue weighted by atomic mass is 10.0. The highest BCUT2D eigenvalue weighted by molar-refractivity contribution is 7.10. The maximum atomic E-state index is 6.25.